The van der Waals surface area contributed by atoms with Crippen LogP contribution in [0.4, 0.5) is 0 Å². The van der Waals surface area contributed by atoms with Crippen molar-refractivity contribution in [3.63, 3.8) is 0 Å². The third-order valence-corrected chi connectivity index (χ3v) is 6.40. The number of esters is 1. The first-order valence-corrected chi connectivity index (χ1v) is 12.3. The summed E-state index contributed by atoms with van der Waals surface area (Å²) in [6.07, 6.45) is 0. The Bertz CT molecular complexity index is 1470. The fraction of sp³-hybridized carbons (Fsp3) is 0.0882. The minimum Gasteiger partial charge on any atom is -0.462 e. The Labute approximate surface area is 212 Å². The molecule has 0 unspecified atom stereocenters. The lowest BCUT2D eigenvalue weighted by Gasteiger charge is -2.21. The van der Waals surface area contributed by atoms with E-state index in [4.69, 9.17) is 4.74 Å². The number of hydrogen-bond acceptors (Lipinski definition) is 2. The number of carbonyl (C=O) groups is 1. The maximum atomic E-state index is 12.3. The van der Waals surface area contributed by atoms with Crippen LogP contribution >= 0.6 is 0 Å². The van der Waals surface area contributed by atoms with Crippen molar-refractivity contribution in [1.29, 1.82) is 0 Å². The molecular formula is C34H28O2. The molecule has 0 aliphatic rings. The molecule has 2 nitrogen and oxygen atoms in total. The summed E-state index contributed by atoms with van der Waals surface area (Å²) in [6, 6.07) is 41.9. The van der Waals surface area contributed by atoms with Gasteiger partial charge in [0.25, 0.3) is 0 Å². The summed E-state index contributed by atoms with van der Waals surface area (Å²) >= 11 is 0. The topological polar surface area (TPSA) is 26.3 Å². The minimum absolute atomic E-state index is 0.302. The van der Waals surface area contributed by atoms with Gasteiger partial charge in [-0.2, -0.15) is 0 Å². The zero-order valence-electron chi connectivity index (χ0n) is 20.6. The molecule has 5 rings (SSSR count). The Morgan fingerprint density at radius 2 is 1.00 bits per heavy atom. The van der Waals surface area contributed by atoms with Gasteiger partial charge >= 0.3 is 5.97 Å². The van der Waals surface area contributed by atoms with Crippen LogP contribution in [0.3, 0.4) is 0 Å². The predicted molar refractivity (Wildman–Crippen MR) is 149 cm³/mol. The molecule has 0 heterocycles. The second-order valence-corrected chi connectivity index (χ2v) is 8.81. The van der Waals surface area contributed by atoms with Gasteiger partial charge in [0.2, 0.25) is 0 Å². The lowest BCUT2D eigenvalue weighted by molar-refractivity contribution is 0.0526. The first-order chi connectivity index (χ1) is 17.7. The van der Waals surface area contributed by atoms with E-state index in [1.54, 1.807) is 0 Å². The summed E-state index contributed by atoms with van der Waals surface area (Å²) in [5.74, 6) is -0.302. The highest BCUT2D eigenvalue weighted by Gasteiger charge is 2.19. The molecule has 176 valence electrons. The predicted octanol–water partition coefficient (Wildman–Crippen LogP) is 8.84. The summed E-state index contributed by atoms with van der Waals surface area (Å²) in [5, 5.41) is 0. The molecule has 36 heavy (non-hydrogen) atoms. The van der Waals surface area contributed by atoms with Crippen molar-refractivity contribution in [3.05, 3.63) is 132 Å². The van der Waals surface area contributed by atoms with E-state index in [2.05, 4.69) is 91.9 Å². The zero-order valence-corrected chi connectivity index (χ0v) is 20.6. The maximum Gasteiger partial charge on any atom is 0.338 e. The molecule has 0 fully saturated rings. The number of benzene rings is 5. The second kappa shape index (κ2) is 10.5. The minimum atomic E-state index is -0.302. The van der Waals surface area contributed by atoms with Crippen LogP contribution in [0.1, 0.15) is 22.8 Å². The Morgan fingerprint density at radius 3 is 1.53 bits per heavy atom. The molecule has 0 aromatic heterocycles. The van der Waals surface area contributed by atoms with Crippen molar-refractivity contribution >= 4 is 5.97 Å². The van der Waals surface area contributed by atoms with E-state index >= 15 is 0 Å². The van der Waals surface area contributed by atoms with Crippen molar-refractivity contribution in [1.82, 2.24) is 0 Å². The van der Waals surface area contributed by atoms with Crippen LogP contribution in [0.5, 0.6) is 0 Å². The van der Waals surface area contributed by atoms with E-state index in [1.807, 2.05) is 43.3 Å². The summed E-state index contributed by atoms with van der Waals surface area (Å²) < 4.78 is 5.21. The molecule has 5 aromatic rings. The van der Waals surface area contributed by atoms with Crippen LogP contribution in [0.25, 0.3) is 44.5 Å². The van der Waals surface area contributed by atoms with Crippen LogP contribution in [-0.4, -0.2) is 12.6 Å². The molecule has 0 saturated carbocycles. The largest absolute Gasteiger partial charge is 0.462 e. The molecule has 0 radical (unpaired) electrons. The third-order valence-electron chi connectivity index (χ3n) is 6.40. The molecule has 5 aromatic carbocycles. The van der Waals surface area contributed by atoms with Gasteiger partial charge in [0.15, 0.2) is 0 Å². The quantitative estimate of drug-likeness (QED) is 0.233. The highest BCUT2D eigenvalue weighted by molar-refractivity contribution is 6.02. The number of aryl methyl sites for hydroxylation is 1. The third kappa shape index (κ3) is 4.71. The maximum absolute atomic E-state index is 12.3. The summed E-state index contributed by atoms with van der Waals surface area (Å²) in [6.45, 7) is 4.28. The zero-order chi connectivity index (χ0) is 24.9. The Balaban J connectivity index is 1.81. The average molecular weight is 469 g/mol. The first kappa shape index (κ1) is 23.3. The number of rotatable bonds is 6. The van der Waals surface area contributed by atoms with Crippen LogP contribution in [0.2, 0.25) is 0 Å². The Kier molecular flexibility index (Phi) is 6.77. The SMILES string of the molecule is CCOC(=O)c1ccc(-c2c(-c3ccc(C)cc3)ccc(-c3ccccc3)c2-c2ccccc2)cc1. The highest BCUT2D eigenvalue weighted by Crippen LogP contribution is 2.45. The first-order valence-electron chi connectivity index (χ1n) is 12.3. The van der Waals surface area contributed by atoms with Gasteiger partial charge in [0.1, 0.15) is 0 Å². The van der Waals surface area contributed by atoms with E-state index in [0.29, 0.717) is 12.2 Å². The lowest BCUT2D eigenvalue weighted by atomic mass is 9.82. The molecule has 0 bridgehead atoms. The van der Waals surface area contributed by atoms with Crippen molar-refractivity contribution in [2.24, 2.45) is 0 Å². The van der Waals surface area contributed by atoms with Crippen LogP contribution in [0, 0.1) is 6.92 Å². The lowest BCUT2D eigenvalue weighted by Crippen LogP contribution is -2.04. The average Bonchev–Trinajstić information content (AvgIpc) is 2.94. The molecule has 2 heteroatoms. The van der Waals surface area contributed by atoms with E-state index in [1.165, 1.54) is 16.7 Å². The fourth-order valence-corrected chi connectivity index (χ4v) is 4.63. The van der Waals surface area contributed by atoms with Crippen LogP contribution in [-0.2, 0) is 4.74 Å². The monoisotopic (exact) mass is 468 g/mol. The molecular weight excluding hydrogens is 440 g/mol. The van der Waals surface area contributed by atoms with Gasteiger partial charge in [-0.3, -0.25) is 0 Å². The van der Waals surface area contributed by atoms with Crippen molar-refractivity contribution in [3.8, 4) is 44.5 Å². The van der Waals surface area contributed by atoms with E-state index in [-0.39, 0.29) is 5.97 Å². The van der Waals surface area contributed by atoms with Gasteiger partial charge < -0.3 is 4.74 Å². The molecule has 0 amide bonds. The Hall–Kier alpha value is -4.43. The molecule has 0 N–H and O–H groups in total. The van der Waals surface area contributed by atoms with E-state index in [9.17, 15) is 4.79 Å². The van der Waals surface area contributed by atoms with E-state index < -0.39 is 0 Å². The summed E-state index contributed by atoms with van der Waals surface area (Å²) in [7, 11) is 0. The van der Waals surface area contributed by atoms with Crippen molar-refractivity contribution < 1.29 is 9.53 Å². The van der Waals surface area contributed by atoms with Crippen molar-refractivity contribution in [2.75, 3.05) is 6.61 Å². The van der Waals surface area contributed by atoms with Crippen LogP contribution < -0.4 is 0 Å². The normalized spacial score (nSPS) is 10.7. The van der Waals surface area contributed by atoms with Gasteiger partial charge in [0.05, 0.1) is 12.2 Å². The number of carbonyl (C=O) groups excluding carboxylic acids is 1. The van der Waals surface area contributed by atoms with Crippen molar-refractivity contribution in [2.45, 2.75) is 13.8 Å². The smallest absolute Gasteiger partial charge is 0.338 e. The van der Waals surface area contributed by atoms with Gasteiger partial charge in [-0.15, -0.1) is 0 Å². The van der Waals surface area contributed by atoms with E-state index in [0.717, 1.165) is 33.4 Å². The number of hydrogen-bond donors (Lipinski definition) is 0. The second-order valence-electron chi connectivity index (χ2n) is 8.81. The summed E-state index contributed by atoms with van der Waals surface area (Å²) in [5.41, 5.74) is 10.9. The standard InChI is InChI=1S/C34H28O2/c1-3-36-34(35)29-20-18-28(19-21-29)33-31(26-16-14-24(2)15-17-26)23-22-30(25-10-6-4-7-11-25)32(33)27-12-8-5-9-13-27/h4-23H,3H2,1-2H3. The molecule has 0 atom stereocenters. The van der Waals surface area contributed by atoms with Crippen LogP contribution in [0.15, 0.2) is 121 Å². The van der Waals surface area contributed by atoms with Gasteiger partial charge in [-0.1, -0.05) is 115 Å². The Morgan fingerprint density at radius 1 is 0.556 bits per heavy atom. The molecule has 0 aliphatic carbocycles. The van der Waals surface area contributed by atoms with Gasteiger partial charge in [-0.05, 0) is 70.5 Å². The molecule has 0 aliphatic heterocycles. The molecule has 0 spiro atoms. The number of ether oxygens (including phenoxy) is 1. The fourth-order valence-electron chi connectivity index (χ4n) is 4.63. The summed E-state index contributed by atoms with van der Waals surface area (Å²) in [4.78, 5) is 12.3. The van der Waals surface area contributed by atoms with Gasteiger partial charge in [-0.25, -0.2) is 4.79 Å². The highest BCUT2D eigenvalue weighted by atomic mass is 16.5. The van der Waals surface area contributed by atoms with Gasteiger partial charge in [0, 0.05) is 0 Å². The molecule has 0 saturated heterocycles.